The molecule has 21 heavy (non-hydrogen) atoms. The highest BCUT2D eigenvalue weighted by molar-refractivity contribution is 7.12. The normalized spacial score (nSPS) is 18.3. The van der Waals surface area contributed by atoms with Crippen molar-refractivity contribution in [3.05, 3.63) is 45.4 Å². The zero-order valence-corrected chi connectivity index (χ0v) is 13.7. The SMILES string of the molecule is CCCNC(C)c1sc(C2COc3ccccc32)nc1C. The number of nitrogens with one attached hydrogen (secondary N) is 1. The van der Waals surface area contributed by atoms with Crippen LogP contribution in [0.2, 0.25) is 0 Å². The number of nitrogens with zero attached hydrogens (tertiary/aromatic N) is 1. The number of rotatable bonds is 5. The molecule has 0 bridgehead atoms. The second-order valence-electron chi connectivity index (χ2n) is 5.58. The van der Waals surface area contributed by atoms with Gasteiger partial charge in [-0.2, -0.15) is 0 Å². The van der Waals surface area contributed by atoms with Gasteiger partial charge in [-0.25, -0.2) is 4.98 Å². The predicted octanol–water partition coefficient (Wildman–Crippen LogP) is 4.04. The van der Waals surface area contributed by atoms with Crippen LogP contribution in [0, 0.1) is 6.92 Å². The molecule has 0 fully saturated rings. The Kier molecular flexibility index (Phi) is 4.27. The molecule has 112 valence electrons. The molecular weight excluding hydrogens is 280 g/mol. The summed E-state index contributed by atoms with van der Waals surface area (Å²) in [6.07, 6.45) is 1.15. The molecule has 0 spiro atoms. The van der Waals surface area contributed by atoms with Crippen molar-refractivity contribution in [2.75, 3.05) is 13.2 Å². The summed E-state index contributed by atoms with van der Waals surface area (Å²) in [6.45, 7) is 8.28. The smallest absolute Gasteiger partial charge is 0.123 e. The summed E-state index contributed by atoms with van der Waals surface area (Å²) in [7, 11) is 0. The number of ether oxygens (including phenoxy) is 1. The molecule has 1 aliphatic heterocycles. The average Bonchev–Trinajstić information content (AvgIpc) is 3.08. The van der Waals surface area contributed by atoms with Crippen molar-refractivity contribution in [3.63, 3.8) is 0 Å². The van der Waals surface area contributed by atoms with E-state index in [0.717, 1.165) is 24.4 Å². The minimum absolute atomic E-state index is 0.289. The Morgan fingerprint density at radius 3 is 3.05 bits per heavy atom. The minimum atomic E-state index is 0.289. The second kappa shape index (κ2) is 6.16. The number of thiazole rings is 1. The Hall–Kier alpha value is -1.39. The van der Waals surface area contributed by atoms with Crippen LogP contribution in [0.25, 0.3) is 0 Å². The molecule has 3 nitrogen and oxygen atoms in total. The first-order valence-corrected chi connectivity index (χ1v) is 8.44. The first-order chi connectivity index (χ1) is 10.2. The predicted molar refractivity (Wildman–Crippen MR) is 87.3 cm³/mol. The molecule has 0 amide bonds. The third-order valence-corrected chi connectivity index (χ3v) is 5.39. The lowest BCUT2D eigenvalue weighted by atomic mass is 10.0. The summed E-state index contributed by atoms with van der Waals surface area (Å²) >= 11 is 1.83. The number of hydrogen-bond acceptors (Lipinski definition) is 4. The Labute approximate surface area is 130 Å². The van der Waals surface area contributed by atoms with Gasteiger partial charge in [0.05, 0.1) is 11.6 Å². The molecule has 2 aromatic rings. The molecular formula is C17H22N2OS. The highest BCUT2D eigenvalue weighted by atomic mass is 32.1. The lowest BCUT2D eigenvalue weighted by molar-refractivity contribution is 0.343. The monoisotopic (exact) mass is 302 g/mol. The maximum atomic E-state index is 5.79. The summed E-state index contributed by atoms with van der Waals surface area (Å²) in [5.41, 5.74) is 2.42. The van der Waals surface area contributed by atoms with Crippen LogP contribution in [0.15, 0.2) is 24.3 Å². The van der Waals surface area contributed by atoms with Crippen LogP contribution < -0.4 is 10.1 Å². The van der Waals surface area contributed by atoms with Gasteiger partial charge in [-0.05, 0) is 32.9 Å². The van der Waals surface area contributed by atoms with E-state index in [-0.39, 0.29) is 5.92 Å². The summed E-state index contributed by atoms with van der Waals surface area (Å²) in [5, 5.41) is 4.73. The van der Waals surface area contributed by atoms with Gasteiger partial charge in [0.25, 0.3) is 0 Å². The number of para-hydroxylation sites is 1. The summed E-state index contributed by atoms with van der Waals surface area (Å²) in [4.78, 5) is 6.17. The Morgan fingerprint density at radius 1 is 1.43 bits per heavy atom. The molecule has 2 unspecified atom stereocenters. The van der Waals surface area contributed by atoms with Gasteiger partial charge < -0.3 is 10.1 Å². The van der Waals surface area contributed by atoms with Crippen LogP contribution in [0.4, 0.5) is 0 Å². The van der Waals surface area contributed by atoms with Gasteiger partial charge in [-0.15, -0.1) is 11.3 Å². The topological polar surface area (TPSA) is 34.1 Å². The van der Waals surface area contributed by atoms with Crippen LogP contribution >= 0.6 is 11.3 Å². The fourth-order valence-electron chi connectivity index (χ4n) is 2.80. The number of benzene rings is 1. The molecule has 0 saturated heterocycles. The quantitative estimate of drug-likeness (QED) is 0.905. The van der Waals surface area contributed by atoms with Crippen molar-refractivity contribution in [2.45, 2.75) is 39.2 Å². The first kappa shape index (κ1) is 14.5. The maximum absolute atomic E-state index is 5.79. The van der Waals surface area contributed by atoms with Crippen molar-refractivity contribution >= 4 is 11.3 Å². The van der Waals surface area contributed by atoms with Gasteiger partial charge in [0.15, 0.2) is 0 Å². The van der Waals surface area contributed by atoms with E-state index in [1.54, 1.807) is 0 Å². The first-order valence-electron chi connectivity index (χ1n) is 7.63. The van der Waals surface area contributed by atoms with Crippen LogP contribution in [-0.2, 0) is 0 Å². The second-order valence-corrected chi connectivity index (χ2v) is 6.64. The maximum Gasteiger partial charge on any atom is 0.123 e. The molecule has 0 aliphatic carbocycles. The molecule has 1 aromatic heterocycles. The summed E-state index contributed by atoms with van der Waals surface area (Å²) in [6, 6.07) is 8.67. The van der Waals surface area contributed by atoms with E-state index in [1.165, 1.54) is 15.4 Å². The molecule has 1 aromatic carbocycles. The zero-order valence-electron chi connectivity index (χ0n) is 12.8. The van der Waals surface area contributed by atoms with E-state index in [4.69, 9.17) is 9.72 Å². The largest absolute Gasteiger partial charge is 0.492 e. The van der Waals surface area contributed by atoms with E-state index in [0.29, 0.717) is 12.6 Å². The lowest BCUT2D eigenvalue weighted by Crippen LogP contribution is -2.18. The fraction of sp³-hybridized carbons (Fsp3) is 0.471. The molecule has 4 heteroatoms. The number of aromatic nitrogens is 1. The number of hydrogen-bond donors (Lipinski definition) is 1. The molecule has 2 heterocycles. The number of fused-ring (bicyclic) bond motifs is 1. The summed E-state index contributed by atoms with van der Waals surface area (Å²) < 4.78 is 5.79. The van der Waals surface area contributed by atoms with Crippen molar-refractivity contribution < 1.29 is 4.74 Å². The van der Waals surface area contributed by atoms with Gasteiger partial charge in [-0.1, -0.05) is 25.1 Å². The molecule has 3 rings (SSSR count). The molecule has 0 saturated carbocycles. The Balaban J connectivity index is 1.85. The molecule has 2 atom stereocenters. The highest BCUT2D eigenvalue weighted by Crippen LogP contribution is 2.40. The van der Waals surface area contributed by atoms with Crippen LogP contribution in [0.3, 0.4) is 0 Å². The van der Waals surface area contributed by atoms with E-state index < -0.39 is 0 Å². The average molecular weight is 302 g/mol. The van der Waals surface area contributed by atoms with E-state index in [9.17, 15) is 0 Å². The van der Waals surface area contributed by atoms with Gasteiger partial charge >= 0.3 is 0 Å². The van der Waals surface area contributed by atoms with Crippen LogP contribution in [0.1, 0.15) is 53.4 Å². The molecule has 1 N–H and O–H groups in total. The van der Waals surface area contributed by atoms with Gasteiger partial charge in [-0.3, -0.25) is 0 Å². The third kappa shape index (κ3) is 2.83. The van der Waals surface area contributed by atoms with Crippen molar-refractivity contribution in [3.8, 4) is 5.75 Å². The highest BCUT2D eigenvalue weighted by Gasteiger charge is 2.29. The molecule has 0 radical (unpaired) electrons. The third-order valence-electron chi connectivity index (χ3n) is 3.94. The zero-order chi connectivity index (χ0) is 14.8. The number of aryl methyl sites for hydroxylation is 1. The molecule has 1 aliphatic rings. The van der Waals surface area contributed by atoms with Gasteiger partial charge in [0.1, 0.15) is 17.4 Å². The standard InChI is InChI=1S/C17H22N2OS/c1-4-9-18-11(2)16-12(3)19-17(21-16)14-10-20-15-8-6-5-7-13(14)15/h5-8,11,14,18H,4,9-10H2,1-3H3. The lowest BCUT2D eigenvalue weighted by Gasteiger charge is -2.11. The Morgan fingerprint density at radius 2 is 2.24 bits per heavy atom. The van der Waals surface area contributed by atoms with E-state index in [1.807, 2.05) is 23.5 Å². The van der Waals surface area contributed by atoms with E-state index in [2.05, 4.69) is 38.2 Å². The van der Waals surface area contributed by atoms with Crippen LogP contribution in [0.5, 0.6) is 5.75 Å². The van der Waals surface area contributed by atoms with E-state index >= 15 is 0 Å². The van der Waals surface area contributed by atoms with Gasteiger partial charge in [0, 0.05) is 16.5 Å². The Bertz CT molecular complexity index is 623. The van der Waals surface area contributed by atoms with Gasteiger partial charge in [0.2, 0.25) is 0 Å². The van der Waals surface area contributed by atoms with Crippen molar-refractivity contribution in [2.24, 2.45) is 0 Å². The van der Waals surface area contributed by atoms with Crippen LogP contribution in [-0.4, -0.2) is 18.1 Å². The summed E-state index contributed by atoms with van der Waals surface area (Å²) in [5.74, 6) is 1.30. The minimum Gasteiger partial charge on any atom is -0.492 e. The van der Waals surface area contributed by atoms with Crippen molar-refractivity contribution in [1.29, 1.82) is 0 Å². The van der Waals surface area contributed by atoms with Crippen molar-refractivity contribution in [1.82, 2.24) is 10.3 Å². The fourth-order valence-corrected chi connectivity index (χ4v) is 4.00.